The molecule has 0 spiro atoms. The van der Waals surface area contributed by atoms with Crippen LogP contribution in [-0.2, 0) is 11.3 Å². The number of rotatable bonds is 4. The fraction of sp³-hybridized carbons (Fsp3) is 0.500. The molecule has 1 aliphatic rings. The zero-order valence-electron chi connectivity index (χ0n) is 7.37. The van der Waals surface area contributed by atoms with Crippen molar-refractivity contribution in [2.45, 2.75) is 19.4 Å². The summed E-state index contributed by atoms with van der Waals surface area (Å²) in [6, 6.07) is 3.82. The minimum Gasteiger partial charge on any atom is -0.376 e. The van der Waals surface area contributed by atoms with Gasteiger partial charge in [0.2, 0.25) is 0 Å². The molecule has 2 nitrogen and oxygen atoms in total. The molecule has 1 saturated carbocycles. The van der Waals surface area contributed by atoms with Crippen LogP contribution in [-0.4, -0.2) is 11.6 Å². The van der Waals surface area contributed by atoms with Gasteiger partial charge in [0.15, 0.2) is 0 Å². The SMILES string of the molecule is Clc1ncccc1COCC1CC1. The molecule has 1 heterocycles. The molecule has 0 N–H and O–H groups in total. The van der Waals surface area contributed by atoms with Gasteiger partial charge in [0.1, 0.15) is 5.15 Å². The molecule has 0 aromatic carbocycles. The summed E-state index contributed by atoms with van der Waals surface area (Å²) in [4.78, 5) is 3.98. The van der Waals surface area contributed by atoms with E-state index >= 15 is 0 Å². The molecular formula is C10H12ClNO. The number of aromatic nitrogens is 1. The molecule has 1 aliphatic carbocycles. The molecule has 1 fully saturated rings. The van der Waals surface area contributed by atoms with Crippen molar-refractivity contribution >= 4 is 11.6 Å². The average Bonchev–Trinajstić information content (AvgIpc) is 2.92. The Morgan fingerprint density at radius 2 is 2.38 bits per heavy atom. The molecule has 0 saturated heterocycles. The van der Waals surface area contributed by atoms with Crippen LogP contribution in [0.5, 0.6) is 0 Å². The van der Waals surface area contributed by atoms with Gasteiger partial charge in [-0.05, 0) is 24.8 Å². The number of halogens is 1. The highest BCUT2D eigenvalue weighted by molar-refractivity contribution is 6.30. The predicted molar refractivity (Wildman–Crippen MR) is 51.6 cm³/mol. The van der Waals surface area contributed by atoms with Crippen molar-refractivity contribution in [1.82, 2.24) is 4.98 Å². The zero-order valence-corrected chi connectivity index (χ0v) is 8.13. The highest BCUT2D eigenvalue weighted by atomic mass is 35.5. The first kappa shape index (κ1) is 8.97. The van der Waals surface area contributed by atoms with Crippen molar-refractivity contribution in [2.24, 2.45) is 5.92 Å². The molecule has 2 rings (SSSR count). The van der Waals surface area contributed by atoms with Gasteiger partial charge >= 0.3 is 0 Å². The summed E-state index contributed by atoms with van der Waals surface area (Å²) in [6.45, 7) is 1.45. The molecular weight excluding hydrogens is 186 g/mol. The molecule has 0 aliphatic heterocycles. The van der Waals surface area contributed by atoms with E-state index in [4.69, 9.17) is 16.3 Å². The lowest BCUT2D eigenvalue weighted by molar-refractivity contribution is 0.111. The molecule has 0 bridgehead atoms. The summed E-state index contributed by atoms with van der Waals surface area (Å²) in [5.41, 5.74) is 0.977. The van der Waals surface area contributed by atoms with Gasteiger partial charge < -0.3 is 4.74 Å². The standard InChI is InChI=1S/C10H12ClNO/c11-10-9(2-1-5-12-10)7-13-6-8-3-4-8/h1-2,5,8H,3-4,6-7H2. The van der Waals surface area contributed by atoms with Crippen molar-refractivity contribution < 1.29 is 4.74 Å². The topological polar surface area (TPSA) is 22.1 Å². The van der Waals surface area contributed by atoms with Crippen LogP contribution in [0.15, 0.2) is 18.3 Å². The number of hydrogen-bond donors (Lipinski definition) is 0. The summed E-state index contributed by atoms with van der Waals surface area (Å²) in [7, 11) is 0. The Balaban J connectivity index is 1.82. The first-order valence-corrected chi connectivity index (χ1v) is 4.91. The van der Waals surface area contributed by atoms with E-state index in [1.807, 2.05) is 12.1 Å². The van der Waals surface area contributed by atoms with Crippen LogP contribution >= 0.6 is 11.6 Å². The first-order chi connectivity index (χ1) is 6.36. The predicted octanol–water partition coefficient (Wildman–Crippen LogP) is 2.66. The van der Waals surface area contributed by atoms with E-state index in [0.29, 0.717) is 11.8 Å². The number of nitrogens with zero attached hydrogens (tertiary/aromatic N) is 1. The van der Waals surface area contributed by atoms with Crippen molar-refractivity contribution in [3.8, 4) is 0 Å². The van der Waals surface area contributed by atoms with Crippen LogP contribution < -0.4 is 0 Å². The van der Waals surface area contributed by atoms with Crippen LogP contribution in [0.3, 0.4) is 0 Å². The van der Waals surface area contributed by atoms with Gasteiger partial charge in [-0.15, -0.1) is 0 Å². The van der Waals surface area contributed by atoms with Gasteiger partial charge in [0.05, 0.1) is 6.61 Å². The fourth-order valence-corrected chi connectivity index (χ4v) is 1.32. The highest BCUT2D eigenvalue weighted by Crippen LogP contribution is 2.29. The average molecular weight is 198 g/mol. The molecule has 0 amide bonds. The lowest BCUT2D eigenvalue weighted by Crippen LogP contribution is -1.98. The van der Waals surface area contributed by atoms with E-state index in [1.165, 1.54) is 12.8 Å². The van der Waals surface area contributed by atoms with Gasteiger partial charge in [0.25, 0.3) is 0 Å². The van der Waals surface area contributed by atoms with Gasteiger partial charge in [-0.25, -0.2) is 4.98 Å². The summed E-state index contributed by atoms with van der Waals surface area (Å²) in [6.07, 6.45) is 4.33. The first-order valence-electron chi connectivity index (χ1n) is 4.53. The lowest BCUT2D eigenvalue weighted by Gasteiger charge is -2.03. The summed E-state index contributed by atoms with van der Waals surface area (Å²) in [5.74, 6) is 0.801. The smallest absolute Gasteiger partial charge is 0.134 e. The molecule has 3 heteroatoms. The van der Waals surface area contributed by atoms with Crippen LogP contribution in [0, 0.1) is 5.92 Å². The summed E-state index contributed by atoms with van der Waals surface area (Å²) >= 11 is 5.86. The molecule has 0 radical (unpaired) electrons. The van der Waals surface area contributed by atoms with E-state index in [-0.39, 0.29) is 0 Å². The molecule has 0 unspecified atom stereocenters. The third-order valence-corrected chi connectivity index (χ3v) is 2.48. The fourth-order valence-electron chi connectivity index (χ4n) is 1.15. The Labute approximate surface area is 82.9 Å². The number of ether oxygens (including phenoxy) is 1. The van der Waals surface area contributed by atoms with Crippen molar-refractivity contribution in [1.29, 1.82) is 0 Å². The van der Waals surface area contributed by atoms with E-state index < -0.39 is 0 Å². The Morgan fingerprint density at radius 1 is 1.54 bits per heavy atom. The van der Waals surface area contributed by atoms with Gasteiger partial charge in [-0.3, -0.25) is 0 Å². The molecule has 13 heavy (non-hydrogen) atoms. The number of pyridine rings is 1. The molecule has 1 aromatic rings. The highest BCUT2D eigenvalue weighted by Gasteiger charge is 2.21. The minimum atomic E-state index is 0.554. The maximum absolute atomic E-state index is 5.86. The third kappa shape index (κ3) is 2.68. The van der Waals surface area contributed by atoms with E-state index in [9.17, 15) is 0 Å². The number of hydrogen-bond acceptors (Lipinski definition) is 2. The largest absolute Gasteiger partial charge is 0.376 e. The van der Waals surface area contributed by atoms with E-state index in [0.717, 1.165) is 18.1 Å². The van der Waals surface area contributed by atoms with Crippen LogP contribution in [0.25, 0.3) is 0 Å². The maximum Gasteiger partial charge on any atom is 0.134 e. The van der Waals surface area contributed by atoms with Crippen molar-refractivity contribution in [3.05, 3.63) is 29.0 Å². The van der Waals surface area contributed by atoms with Crippen molar-refractivity contribution in [3.63, 3.8) is 0 Å². The molecule has 1 aromatic heterocycles. The van der Waals surface area contributed by atoms with Gasteiger partial charge in [0, 0.05) is 18.4 Å². The van der Waals surface area contributed by atoms with Crippen molar-refractivity contribution in [2.75, 3.05) is 6.61 Å². The third-order valence-electron chi connectivity index (χ3n) is 2.14. The van der Waals surface area contributed by atoms with Crippen LogP contribution in [0.4, 0.5) is 0 Å². The second kappa shape index (κ2) is 4.07. The maximum atomic E-state index is 5.86. The monoisotopic (exact) mass is 197 g/mol. The second-order valence-electron chi connectivity index (χ2n) is 3.41. The van der Waals surface area contributed by atoms with Gasteiger partial charge in [-0.1, -0.05) is 17.7 Å². The Kier molecular flexibility index (Phi) is 2.81. The lowest BCUT2D eigenvalue weighted by atomic mass is 10.3. The minimum absolute atomic E-state index is 0.554. The second-order valence-corrected chi connectivity index (χ2v) is 3.77. The molecule has 70 valence electrons. The quantitative estimate of drug-likeness (QED) is 0.693. The Morgan fingerprint density at radius 3 is 3.08 bits per heavy atom. The molecule has 0 atom stereocenters. The van der Waals surface area contributed by atoms with Crippen LogP contribution in [0.2, 0.25) is 5.15 Å². The van der Waals surface area contributed by atoms with E-state index in [2.05, 4.69) is 4.98 Å². The Bertz CT molecular complexity index is 286. The van der Waals surface area contributed by atoms with E-state index in [1.54, 1.807) is 6.20 Å². The summed E-state index contributed by atoms with van der Waals surface area (Å²) < 4.78 is 5.50. The Hall–Kier alpha value is -0.600. The zero-order chi connectivity index (χ0) is 9.10. The van der Waals surface area contributed by atoms with Gasteiger partial charge in [-0.2, -0.15) is 0 Å². The normalized spacial score (nSPS) is 16.1. The van der Waals surface area contributed by atoms with Crippen LogP contribution in [0.1, 0.15) is 18.4 Å². The summed E-state index contributed by atoms with van der Waals surface area (Å²) in [5, 5.41) is 0.554.